The molecule has 0 saturated heterocycles. The van der Waals surface area contributed by atoms with Gasteiger partial charge in [0.15, 0.2) is 0 Å². The Bertz CT molecular complexity index is 584. The second kappa shape index (κ2) is 7.20. The zero-order valence-electron chi connectivity index (χ0n) is 11.3. The molecule has 0 spiro atoms. The molecule has 0 aliphatic rings. The van der Waals surface area contributed by atoms with Gasteiger partial charge in [0.2, 0.25) is 0 Å². The highest BCUT2D eigenvalue weighted by molar-refractivity contribution is 9.10. The maximum absolute atomic E-state index is 12.1. The lowest BCUT2D eigenvalue weighted by Crippen LogP contribution is -2.05. The highest BCUT2D eigenvalue weighted by atomic mass is 79.9. The summed E-state index contributed by atoms with van der Waals surface area (Å²) in [6.45, 7) is 0. The molecule has 0 unspecified atom stereocenters. The topological polar surface area (TPSA) is 39.2 Å². The molecule has 0 aliphatic carbocycles. The predicted molar refractivity (Wildman–Crippen MR) is 82.0 cm³/mol. The summed E-state index contributed by atoms with van der Waals surface area (Å²) in [6, 6.07) is 9.54. The van der Waals surface area contributed by atoms with Crippen LogP contribution in [0.5, 0.6) is 5.75 Å². The van der Waals surface area contributed by atoms with Crippen LogP contribution < -0.4 is 4.74 Å². The molecule has 0 radical (unpaired) electrons. The maximum Gasteiger partial charge on any atom is 0.137 e. The summed E-state index contributed by atoms with van der Waals surface area (Å²) in [7, 11) is 1.62. The highest BCUT2D eigenvalue weighted by Crippen LogP contribution is 2.23. The molecule has 0 amide bonds. The number of carbonyl (C=O) groups is 1. The average Bonchev–Trinajstić information content (AvgIpc) is 2.48. The van der Waals surface area contributed by atoms with Crippen LogP contribution in [0.3, 0.4) is 0 Å². The van der Waals surface area contributed by atoms with Gasteiger partial charge in [-0.3, -0.25) is 9.78 Å². The second-order valence-corrected chi connectivity index (χ2v) is 5.39. The summed E-state index contributed by atoms with van der Waals surface area (Å²) < 4.78 is 6.12. The predicted octanol–water partition coefficient (Wildman–Crippen LogP) is 3.60. The lowest BCUT2D eigenvalue weighted by Gasteiger charge is -2.07. The summed E-state index contributed by atoms with van der Waals surface area (Å²) in [5.74, 6) is 0.978. The van der Waals surface area contributed by atoms with Gasteiger partial charge in [-0.15, -0.1) is 0 Å². The fourth-order valence-electron chi connectivity index (χ4n) is 1.94. The Hall–Kier alpha value is -1.68. The lowest BCUT2D eigenvalue weighted by atomic mass is 10.0. The third kappa shape index (κ3) is 4.17. The molecule has 0 atom stereocenters. The van der Waals surface area contributed by atoms with E-state index in [9.17, 15) is 4.79 Å². The quantitative estimate of drug-likeness (QED) is 0.810. The molecule has 0 bridgehead atoms. The van der Waals surface area contributed by atoms with E-state index in [2.05, 4.69) is 20.9 Å². The Kier molecular flexibility index (Phi) is 5.30. The first-order valence-electron chi connectivity index (χ1n) is 6.42. The summed E-state index contributed by atoms with van der Waals surface area (Å²) in [5, 5.41) is 0. The average molecular weight is 334 g/mol. The summed E-state index contributed by atoms with van der Waals surface area (Å²) in [5.41, 5.74) is 2.05. The van der Waals surface area contributed by atoms with Crippen molar-refractivity contribution < 1.29 is 9.53 Å². The first-order chi connectivity index (χ1) is 9.69. The molecular formula is C16H16BrNO2. The minimum Gasteiger partial charge on any atom is -0.497 e. The zero-order chi connectivity index (χ0) is 14.4. The number of aryl methyl sites for hydroxylation is 1. The van der Waals surface area contributed by atoms with Gasteiger partial charge in [0, 0.05) is 29.7 Å². The Morgan fingerprint density at radius 1 is 1.35 bits per heavy atom. The van der Waals surface area contributed by atoms with Gasteiger partial charge in [0.1, 0.15) is 11.5 Å². The molecule has 20 heavy (non-hydrogen) atoms. The zero-order valence-corrected chi connectivity index (χ0v) is 12.9. The minimum atomic E-state index is 0.211. The minimum absolute atomic E-state index is 0.211. The van der Waals surface area contributed by atoms with E-state index in [1.807, 2.05) is 30.3 Å². The molecule has 0 aliphatic heterocycles. The number of methoxy groups -OCH3 is 1. The van der Waals surface area contributed by atoms with Gasteiger partial charge in [-0.2, -0.15) is 0 Å². The van der Waals surface area contributed by atoms with Gasteiger partial charge >= 0.3 is 0 Å². The number of hydrogen-bond acceptors (Lipinski definition) is 3. The molecular weight excluding hydrogens is 318 g/mol. The van der Waals surface area contributed by atoms with Crippen LogP contribution in [-0.4, -0.2) is 17.9 Å². The Labute approximate surface area is 127 Å². The maximum atomic E-state index is 12.1. The van der Waals surface area contributed by atoms with Crippen molar-refractivity contribution >= 4 is 21.7 Å². The Morgan fingerprint density at radius 2 is 2.20 bits per heavy atom. The summed E-state index contributed by atoms with van der Waals surface area (Å²) in [4.78, 5) is 16.1. The molecule has 2 aromatic rings. The van der Waals surface area contributed by atoms with E-state index < -0.39 is 0 Å². The first kappa shape index (κ1) is 14.7. The van der Waals surface area contributed by atoms with Crippen LogP contribution in [0.15, 0.2) is 47.2 Å². The van der Waals surface area contributed by atoms with Gasteiger partial charge in [-0.05, 0) is 41.8 Å². The van der Waals surface area contributed by atoms with Crippen LogP contribution in [0.4, 0.5) is 0 Å². The molecule has 3 nitrogen and oxygen atoms in total. The number of ketones is 1. The van der Waals surface area contributed by atoms with E-state index in [1.54, 1.807) is 19.5 Å². The third-order valence-electron chi connectivity index (χ3n) is 3.06. The summed E-state index contributed by atoms with van der Waals surface area (Å²) >= 11 is 3.47. The second-order valence-electron chi connectivity index (χ2n) is 4.53. The number of nitrogens with zero attached hydrogens (tertiary/aromatic N) is 1. The SMILES string of the molecule is COc1ccc(Br)c(CC(=O)CCc2cccnc2)c1. The number of rotatable bonds is 6. The van der Waals surface area contributed by atoms with Gasteiger partial charge in [0.25, 0.3) is 0 Å². The van der Waals surface area contributed by atoms with Crippen molar-refractivity contribution in [3.05, 3.63) is 58.3 Å². The highest BCUT2D eigenvalue weighted by Gasteiger charge is 2.08. The van der Waals surface area contributed by atoms with Gasteiger partial charge in [-0.1, -0.05) is 22.0 Å². The van der Waals surface area contributed by atoms with Crippen molar-refractivity contribution in [2.24, 2.45) is 0 Å². The van der Waals surface area contributed by atoms with Crippen LogP contribution in [0.1, 0.15) is 17.5 Å². The number of halogens is 1. The summed E-state index contributed by atoms with van der Waals surface area (Å²) in [6.07, 6.45) is 5.20. The van der Waals surface area contributed by atoms with E-state index >= 15 is 0 Å². The normalized spacial score (nSPS) is 10.3. The van der Waals surface area contributed by atoms with E-state index in [0.717, 1.165) is 27.8 Å². The monoisotopic (exact) mass is 333 g/mol. The van der Waals surface area contributed by atoms with E-state index in [-0.39, 0.29) is 5.78 Å². The van der Waals surface area contributed by atoms with Crippen molar-refractivity contribution in [3.8, 4) is 5.75 Å². The number of aromatic nitrogens is 1. The molecule has 1 aromatic carbocycles. The smallest absolute Gasteiger partial charge is 0.137 e. The molecule has 0 saturated carbocycles. The molecule has 4 heteroatoms. The fourth-order valence-corrected chi connectivity index (χ4v) is 2.33. The standard InChI is InChI=1S/C16H16BrNO2/c1-20-15-6-7-16(17)13(10-15)9-14(19)5-4-12-3-2-8-18-11-12/h2-3,6-8,10-11H,4-5,9H2,1H3. The van der Waals surface area contributed by atoms with Crippen molar-refractivity contribution in [2.45, 2.75) is 19.3 Å². The van der Waals surface area contributed by atoms with E-state index in [4.69, 9.17) is 4.74 Å². The van der Waals surface area contributed by atoms with Gasteiger partial charge < -0.3 is 4.74 Å². The van der Waals surface area contributed by atoms with Gasteiger partial charge in [-0.25, -0.2) is 0 Å². The molecule has 1 heterocycles. The van der Waals surface area contributed by atoms with Crippen LogP contribution in [0, 0.1) is 0 Å². The van der Waals surface area contributed by atoms with E-state index in [0.29, 0.717) is 12.8 Å². The molecule has 104 valence electrons. The lowest BCUT2D eigenvalue weighted by molar-refractivity contribution is -0.118. The first-order valence-corrected chi connectivity index (χ1v) is 7.21. The van der Waals surface area contributed by atoms with Crippen molar-refractivity contribution in [2.75, 3.05) is 7.11 Å². The molecule has 1 aromatic heterocycles. The Balaban J connectivity index is 1.94. The number of pyridine rings is 1. The van der Waals surface area contributed by atoms with Crippen LogP contribution in [0.25, 0.3) is 0 Å². The largest absolute Gasteiger partial charge is 0.497 e. The number of hydrogen-bond donors (Lipinski definition) is 0. The van der Waals surface area contributed by atoms with Crippen LogP contribution in [0.2, 0.25) is 0 Å². The Morgan fingerprint density at radius 3 is 2.90 bits per heavy atom. The molecule has 2 rings (SSSR count). The van der Waals surface area contributed by atoms with Crippen molar-refractivity contribution in [3.63, 3.8) is 0 Å². The van der Waals surface area contributed by atoms with Crippen LogP contribution >= 0.6 is 15.9 Å². The van der Waals surface area contributed by atoms with Crippen LogP contribution in [-0.2, 0) is 17.6 Å². The molecule has 0 fully saturated rings. The fraction of sp³-hybridized carbons (Fsp3) is 0.250. The number of carbonyl (C=O) groups excluding carboxylic acids is 1. The van der Waals surface area contributed by atoms with Crippen molar-refractivity contribution in [1.29, 1.82) is 0 Å². The van der Waals surface area contributed by atoms with Gasteiger partial charge in [0.05, 0.1) is 7.11 Å². The number of ether oxygens (including phenoxy) is 1. The molecule has 0 N–H and O–H groups in total. The van der Waals surface area contributed by atoms with E-state index in [1.165, 1.54) is 0 Å². The third-order valence-corrected chi connectivity index (χ3v) is 3.83. The number of benzene rings is 1. The number of Topliss-reactive ketones (excluding diaryl/α,β-unsaturated/α-hetero) is 1. The van der Waals surface area contributed by atoms with Crippen molar-refractivity contribution in [1.82, 2.24) is 4.98 Å².